The molecule has 2 heteroatoms. The van der Waals surface area contributed by atoms with Crippen molar-refractivity contribution in [1.29, 1.82) is 0 Å². The van der Waals surface area contributed by atoms with E-state index in [1.54, 1.807) is 0 Å². The van der Waals surface area contributed by atoms with Gasteiger partial charge >= 0.3 is 0 Å². The molecule has 0 saturated heterocycles. The second kappa shape index (κ2) is 3.91. The molecule has 0 saturated carbocycles. The van der Waals surface area contributed by atoms with Gasteiger partial charge in [-0.2, -0.15) is 0 Å². The third-order valence-electron chi connectivity index (χ3n) is 2.81. The van der Waals surface area contributed by atoms with Crippen molar-refractivity contribution in [2.75, 3.05) is 0 Å². The lowest BCUT2D eigenvalue weighted by Gasteiger charge is -1.96. The molecule has 0 bridgehead atoms. The van der Waals surface area contributed by atoms with E-state index in [0.717, 1.165) is 10.9 Å². The summed E-state index contributed by atoms with van der Waals surface area (Å²) in [5.74, 6) is 0.0294. The fourth-order valence-corrected chi connectivity index (χ4v) is 1.94. The topological polar surface area (TPSA) is 32.9 Å². The van der Waals surface area contributed by atoms with Crippen molar-refractivity contribution in [2.24, 2.45) is 0 Å². The summed E-state index contributed by atoms with van der Waals surface area (Å²) in [6, 6.07) is 19.1. The van der Waals surface area contributed by atoms with Crippen molar-refractivity contribution in [1.82, 2.24) is 4.98 Å². The van der Waals surface area contributed by atoms with E-state index >= 15 is 0 Å². The summed E-state index contributed by atoms with van der Waals surface area (Å²) in [5, 5.41) is 1.06. The van der Waals surface area contributed by atoms with E-state index in [1.165, 1.54) is 0 Å². The fourth-order valence-electron chi connectivity index (χ4n) is 1.94. The molecular formula is C15H11NO. The molecular weight excluding hydrogens is 210 g/mol. The SMILES string of the molecule is O=C(c1ccccc1)c1cc2ccccc2[nH]1. The molecule has 0 atom stereocenters. The van der Waals surface area contributed by atoms with E-state index in [-0.39, 0.29) is 5.78 Å². The van der Waals surface area contributed by atoms with E-state index < -0.39 is 0 Å². The summed E-state index contributed by atoms with van der Waals surface area (Å²) < 4.78 is 0. The number of carbonyl (C=O) groups is 1. The maximum absolute atomic E-state index is 12.2. The van der Waals surface area contributed by atoms with Crippen LogP contribution >= 0.6 is 0 Å². The number of aromatic nitrogens is 1. The van der Waals surface area contributed by atoms with Gasteiger partial charge in [-0.1, -0.05) is 48.5 Å². The predicted octanol–water partition coefficient (Wildman–Crippen LogP) is 3.40. The Labute approximate surface area is 98.9 Å². The Morgan fingerprint density at radius 2 is 1.59 bits per heavy atom. The third-order valence-corrected chi connectivity index (χ3v) is 2.81. The van der Waals surface area contributed by atoms with Gasteiger partial charge in [0.15, 0.2) is 0 Å². The highest BCUT2D eigenvalue weighted by atomic mass is 16.1. The van der Waals surface area contributed by atoms with Crippen LogP contribution in [0.3, 0.4) is 0 Å². The van der Waals surface area contributed by atoms with Gasteiger partial charge in [-0.25, -0.2) is 0 Å². The zero-order valence-corrected chi connectivity index (χ0v) is 9.18. The van der Waals surface area contributed by atoms with Crippen LogP contribution in [0.4, 0.5) is 0 Å². The fraction of sp³-hybridized carbons (Fsp3) is 0. The molecule has 17 heavy (non-hydrogen) atoms. The predicted molar refractivity (Wildman–Crippen MR) is 68.2 cm³/mol. The summed E-state index contributed by atoms with van der Waals surface area (Å²) in [4.78, 5) is 15.3. The highest BCUT2D eigenvalue weighted by Crippen LogP contribution is 2.17. The summed E-state index contributed by atoms with van der Waals surface area (Å²) >= 11 is 0. The maximum Gasteiger partial charge on any atom is 0.209 e. The largest absolute Gasteiger partial charge is 0.352 e. The van der Waals surface area contributed by atoms with E-state index in [9.17, 15) is 4.79 Å². The number of carbonyl (C=O) groups excluding carboxylic acids is 1. The van der Waals surface area contributed by atoms with Crippen LogP contribution < -0.4 is 0 Å². The minimum absolute atomic E-state index is 0.0294. The van der Waals surface area contributed by atoms with E-state index in [1.807, 2.05) is 60.7 Å². The first kappa shape index (κ1) is 9.85. The average molecular weight is 221 g/mol. The lowest BCUT2D eigenvalue weighted by molar-refractivity contribution is 0.103. The molecule has 3 aromatic rings. The van der Waals surface area contributed by atoms with Gasteiger partial charge in [0.1, 0.15) is 0 Å². The lowest BCUT2D eigenvalue weighted by Crippen LogP contribution is -2.00. The number of hydrogen-bond donors (Lipinski definition) is 1. The normalized spacial score (nSPS) is 10.6. The molecule has 1 N–H and O–H groups in total. The number of ketones is 1. The number of rotatable bonds is 2. The van der Waals surface area contributed by atoms with Crippen molar-refractivity contribution in [2.45, 2.75) is 0 Å². The highest BCUT2D eigenvalue weighted by molar-refractivity contribution is 6.10. The van der Waals surface area contributed by atoms with Gasteiger partial charge in [0.25, 0.3) is 0 Å². The molecule has 0 amide bonds. The smallest absolute Gasteiger partial charge is 0.209 e. The summed E-state index contributed by atoms with van der Waals surface area (Å²) in [5.41, 5.74) is 2.34. The van der Waals surface area contributed by atoms with Crippen molar-refractivity contribution < 1.29 is 4.79 Å². The van der Waals surface area contributed by atoms with Crippen molar-refractivity contribution in [3.05, 3.63) is 71.9 Å². The van der Waals surface area contributed by atoms with E-state index in [2.05, 4.69) is 4.98 Å². The van der Waals surface area contributed by atoms with Crippen LogP contribution in [0.2, 0.25) is 0 Å². The molecule has 0 fully saturated rings. The molecule has 0 radical (unpaired) electrons. The zero-order valence-electron chi connectivity index (χ0n) is 9.18. The molecule has 0 aliphatic carbocycles. The molecule has 1 heterocycles. The van der Waals surface area contributed by atoms with Crippen molar-refractivity contribution in [3.63, 3.8) is 0 Å². The summed E-state index contributed by atoms with van der Waals surface area (Å²) in [7, 11) is 0. The molecule has 82 valence electrons. The first-order valence-corrected chi connectivity index (χ1v) is 5.52. The van der Waals surface area contributed by atoms with Gasteiger partial charge in [0, 0.05) is 16.5 Å². The van der Waals surface area contributed by atoms with Crippen LogP contribution in [0.1, 0.15) is 16.1 Å². The van der Waals surface area contributed by atoms with Crippen LogP contribution in [-0.4, -0.2) is 10.8 Å². The Morgan fingerprint density at radius 1 is 0.882 bits per heavy atom. The minimum atomic E-state index is 0.0294. The number of fused-ring (bicyclic) bond motifs is 1. The van der Waals surface area contributed by atoms with Crippen LogP contribution in [0, 0.1) is 0 Å². The van der Waals surface area contributed by atoms with Crippen LogP contribution in [0.25, 0.3) is 10.9 Å². The van der Waals surface area contributed by atoms with Crippen LogP contribution in [0.15, 0.2) is 60.7 Å². The molecule has 0 aliphatic heterocycles. The number of para-hydroxylation sites is 1. The number of H-pyrrole nitrogens is 1. The number of aromatic amines is 1. The summed E-state index contributed by atoms with van der Waals surface area (Å²) in [6.45, 7) is 0. The molecule has 2 nitrogen and oxygen atoms in total. The Morgan fingerprint density at radius 3 is 2.35 bits per heavy atom. The first-order chi connectivity index (χ1) is 8.34. The number of hydrogen-bond acceptors (Lipinski definition) is 1. The zero-order chi connectivity index (χ0) is 11.7. The van der Waals surface area contributed by atoms with Gasteiger partial charge in [-0.05, 0) is 12.1 Å². The van der Waals surface area contributed by atoms with E-state index in [4.69, 9.17) is 0 Å². The Kier molecular flexibility index (Phi) is 2.26. The molecule has 0 spiro atoms. The Bertz CT molecular complexity index is 634. The highest BCUT2D eigenvalue weighted by Gasteiger charge is 2.10. The molecule has 0 unspecified atom stereocenters. The standard InChI is InChI=1S/C15H11NO/c17-15(11-6-2-1-3-7-11)14-10-12-8-4-5-9-13(12)16-14/h1-10,16H. The van der Waals surface area contributed by atoms with Crippen LogP contribution in [-0.2, 0) is 0 Å². The Balaban J connectivity index is 2.07. The van der Waals surface area contributed by atoms with Gasteiger partial charge < -0.3 is 4.98 Å². The molecule has 3 rings (SSSR count). The number of nitrogens with one attached hydrogen (secondary N) is 1. The van der Waals surface area contributed by atoms with Gasteiger partial charge in [0.05, 0.1) is 5.69 Å². The second-order valence-electron chi connectivity index (χ2n) is 3.97. The van der Waals surface area contributed by atoms with Crippen molar-refractivity contribution in [3.8, 4) is 0 Å². The first-order valence-electron chi connectivity index (χ1n) is 5.52. The molecule has 0 aliphatic rings. The summed E-state index contributed by atoms with van der Waals surface area (Å²) in [6.07, 6.45) is 0. The van der Waals surface area contributed by atoms with Gasteiger partial charge in [-0.3, -0.25) is 4.79 Å². The second-order valence-corrected chi connectivity index (χ2v) is 3.97. The quantitative estimate of drug-likeness (QED) is 0.661. The Hall–Kier alpha value is -2.35. The molecule has 2 aromatic carbocycles. The van der Waals surface area contributed by atoms with Crippen molar-refractivity contribution >= 4 is 16.7 Å². The van der Waals surface area contributed by atoms with Gasteiger partial charge in [0.2, 0.25) is 5.78 Å². The minimum Gasteiger partial charge on any atom is -0.352 e. The molecule has 1 aromatic heterocycles. The average Bonchev–Trinajstić information content (AvgIpc) is 2.82. The third kappa shape index (κ3) is 1.74. The number of benzene rings is 2. The maximum atomic E-state index is 12.2. The van der Waals surface area contributed by atoms with E-state index in [0.29, 0.717) is 11.3 Å². The van der Waals surface area contributed by atoms with Gasteiger partial charge in [-0.15, -0.1) is 0 Å². The van der Waals surface area contributed by atoms with Crippen LogP contribution in [0.5, 0.6) is 0 Å². The monoisotopic (exact) mass is 221 g/mol. The lowest BCUT2D eigenvalue weighted by atomic mass is 10.1.